The van der Waals surface area contributed by atoms with Gasteiger partial charge in [-0.3, -0.25) is 0 Å². The summed E-state index contributed by atoms with van der Waals surface area (Å²) in [5, 5.41) is 8.94. The maximum atomic E-state index is 10.1. The van der Waals surface area contributed by atoms with Crippen LogP contribution in [-0.4, -0.2) is 27.0 Å². The summed E-state index contributed by atoms with van der Waals surface area (Å²) in [7, 11) is 1.88. The zero-order valence-electron chi connectivity index (χ0n) is 6.97. The molecule has 4 nitrogen and oxygen atoms in total. The van der Waals surface area contributed by atoms with Crippen molar-refractivity contribution >= 4 is 6.29 Å². The van der Waals surface area contributed by atoms with Crippen LogP contribution < -0.4 is 0 Å². The van der Waals surface area contributed by atoms with Gasteiger partial charge in [0, 0.05) is 25.9 Å². The number of imidazole rings is 1. The van der Waals surface area contributed by atoms with Crippen LogP contribution in [0.25, 0.3) is 0 Å². The molecule has 0 aliphatic heterocycles. The van der Waals surface area contributed by atoms with Crippen LogP contribution in [0.2, 0.25) is 0 Å². The number of aldehydes is 1. The summed E-state index contributed by atoms with van der Waals surface area (Å²) in [5.41, 5.74) is 0. The molecule has 0 bridgehead atoms. The topological polar surface area (TPSA) is 55.1 Å². The Kier molecular flexibility index (Phi) is 2.99. The van der Waals surface area contributed by atoms with Gasteiger partial charge in [-0.2, -0.15) is 0 Å². The first-order valence-electron chi connectivity index (χ1n) is 3.83. The van der Waals surface area contributed by atoms with Crippen molar-refractivity contribution in [3.63, 3.8) is 0 Å². The lowest BCUT2D eigenvalue weighted by molar-refractivity contribution is -0.115. The summed E-state index contributed by atoms with van der Waals surface area (Å²) in [6.45, 7) is 0. The Bertz CT molecular complexity index is 257. The Balaban J connectivity index is 2.43. The molecule has 0 saturated carbocycles. The first kappa shape index (κ1) is 8.93. The Morgan fingerprint density at radius 2 is 2.58 bits per heavy atom. The van der Waals surface area contributed by atoms with Crippen molar-refractivity contribution in [2.24, 2.45) is 7.05 Å². The summed E-state index contributed by atoms with van der Waals surface area (Å²) in [5.74, 6) is 0.885. The quantitative estimate of drug-likeness (QED) is 0.639. The van der Waals surface area contributed by atoms with Gasteiger partial charge in [0.2, 0.25) is 0 Å². The average Bonchev–Trinajstić information content (AvgIpc) is 2.47. The van der Waals surface area contributed by atoms with E-state index in [1.807, 2.05) is 17.8 Å². The van der Waals surface area contributed by atoms with E-state index < -0.39 is 6.10 Å². The highest BCUT2D eigenvalue weighted by atomic mass is 16.3. The molecule has 1 aromatic heterocycles. The number of aliphatic hydroxyl groups excluding tert-OH is 1. The fraction of sp³-hybridized carbons (Fsp3) is 0.500. The van der Waals surface area contributed by atoms with E-state index >= 15 is 0 Å². The molecule has 0 fully saturated rings. The third-order valence-electron chi connectivity index (χ3n) is 1.74. The van der Waals surface area contributed by atoms with Crippen LogP contribution in [-0.2, 0) is 18.3 Å². The van der Waals surface area contributed by atoms with Gasteiger partial charge in [-0.25, -0.2) is 4.98 Å². The normalized spacial score (nSPS) is 12.8. The number of hydrogen-bond donors (Lipinski definition) is 1. The van der Waals surface area contributed by atoms with Gasteiger partial charge < -0.3 is 14.5 Å². The van der Waals surface area contributed by atoms with Crippen LogP contribution in [0.3, 0.4) is 0 Å². The first-order valence-corrected chi connectivity index (χ1v) is 3.83. The Morgan fingerprint density at radius 3 is 3.08 bits per heavy atom. The van der Waals surface area contributed by atoms with E-state index in [0.29, 0.717) is 19.1 Å². The number of hydrogen-bond acceptors (Lipinski definition) is 3. The smallest absolute Gasteiger partial charge is 0.148 e. The van der Waals surface area contributed by atoms with Gasteiger partial charge in [0.1, 0.15) is 18.2 Å². The Morgan fingerprint density at radius 1 is 1.83 bits per heavy atom. The first-order chi connectivity index (χ1) is 5.74. The number of aliphatic hydroxyl groups is 1. The van der Waals surface area contributed by atoms with Gasteiger partial charge in [0.05, 0.1) is 0 Å². The molecule has 1 rings (SSSR count). The number of aryl methyl sites for hydroxylation is 2. The minimum absolute atomic E-state index is 0.439. The highest BCUT2D eigenvalue weighted by Crippen LogP contribution is 2.00. The van der Waals surface area contributed by atoms with Crippen molar-refractivity contribution in [3.8, 4) is 0 Å². The largest absolute Gasteiger partial charge is 0.386 e. The van der Waals surface area contributed by atoms with E-state index in [9.17, 15) is 4.79 Å². The van der Waals surface area contributed by atoms with Crippen LogP contribution in [0.5, 0.6) is 0 Å². The predicted molar refractivity (Wildman–Crippen MR) is 43.6 cm³/mol. The molecule has 1 N–H and O–H groups in total. The standard InChI is InChI=1S/C8H12N2O2/c1-10-5-4-9-8(10)3-2-7(12)6-11/h4-7,12H,2-3H2,1H3. The molecule has 0 aromatic carbocycles. The molecule has 66 valence electrons. The maximum absolute atomic E-state index is 10.1. The van der Waals surface area contributed by atoms with Crippen LogP contribution in [0, 0.1) is 0 Å². The molecular weight excluding hydrogens is 156 g/mol. The molecule has 1 aromatic rings. The van der Waals surface area contributed by atoms with E-state index in [0.717, 1.165) is 5.82 Å². The van der Waals surface area contributed by atoms with Crippen molar-refractivity contribution in [3.05, 3.63) is 18.2 Å². The van der Waals surface area contributed by atoms with Crippen LogP contribution in [0.15, 0.2) is 12.4 Å². The molecule has 0 radical (unpaired) electrons. The average molecular weight is 168 g/mol. The fourth-order valence-corrected chi connectivity index (χ4v) is 0.982. The molecule has 12 heavy (non-hydrogen) atoms. The lowest BCUT2D eigenvalue weighted by Gasteiger charge is -2.02. The fourth-order valence-electron chi connectivity index (χ4n) is 0.982. The molecule has 0 spiro atoms. The van der Waals surface area contributed by atoms with Crippen molar-refractivity contribution < 1.29 is 9.90 Å². The highest BCUT2D eigenvalue weighted by Gasteiger charge is 2.04. The minimum Gasteiger partial charge on any atom is -0.386 e. The van der Waals surface area contributed by atoms with Crippen molar-refractivity contribution in [2.45, 2.75) is 18.9 Å². The zero-order chi connectivity index (χ0) is 8.97. The summed E-state index contributed by atoms with van der Waals surface area (Å²) in [6.07, 6.45) is 4.29. The van der Waals surface area contributed by atoms with Gasteiger partial charge in [-0.05, 0) is 6.42 Å². The van der Waals surface area contributed by atoms with Gasteiger partial charge in [-0.15, -0.1) is 0 Å². The molecule has 1 atom stereocenters. The summed E-state index contributed by atoms with van der Waals surface area (Å²) >= 11 is 0. The minimum atomic E-state index is -0.860. The van der Waals surface area contributed by atoms with Crippen molar-refractivity contribution in [1.82, 2.24) is 9.55 Å². The number of nitrogens with zero attached hydrogens (tertiary/aromatic N) is 2. The number of carbonyl (C=O) groups excluding carboxylic acids is 1. The van der Waals surface area contributed by atoms with Crippen LogP contribution in [0.4, 0.5) is 0 Å². The second-order valence-corrected chi connectivity index (χ2v) is 2.70. The van der Waals surface area contributed by atoms with Crippen LogP contribution >= 0.6 is 0 Å². The van der Waals surface area contributed by atoms with Gasteiger partial charge in [-0.1, -0.05) is 0 Å². The second-order valence-electron chi connectivity index (χ2n) is 2.70. The highest BCUT2D eigenvalue weighted by molar-refractivity contribution is 5.55. The zero-order valence-corrected chi connectivity index (χ0v) is 6.97. The van der Waals surface area contributed by atoms with E-state index in [4.69, 9.17) is 5.11 Å². The van der Waals surface area contributed by atoms with Gasteiger partial charge >= 0.3 is 0 Å². The maximum Gasteiger partial charge on any atom is 0.148 e. The lowest BCUT2D eigenvalue weighted by Crippen LogP contribution is -2.10. The number of aromatic nitrogens is 2. The molecule has 1 unspecified atom stereocenters. The molecule has 4 heteroatoms. The molecule has 0 aliphatic carbocycles. The predicted octanol–water partition coefficient (Wildman–Crippen LogP) is -0.0875. The van der Waals surface area contributed by atoms with Gasteiger partial charge in [0.15, 0.2) is 0 Å². The molecule has 1 heterocycles. The van der Waals surface area contributed by atoms with E-state index in [2.05, 4.69) is 4.98 Å². The van der Waals surface area contributed by atoms with Crippen LogP contribution in [0.1, 0.15) is 12.2 Å². The summed E-state index contributed by atoms with van der Waals surface area (Å²) in [6, 6.07) is 0. The molecular formula is C8H12N2O2. The Labute approximate surface area is 70.9 Å². The number of carbonyl (C=O) groups is 1. The monoisotopic (exact) mass is 168 g/mol. The molecule has 0 aliphatic rings. The summed E-state index contributed by atoms with van der Waals surface area (Å²) < 4.78 is 1.87. The van der Waals surface area contributed by atoms with E-state index in [1.54, 1.807) is 6.20 Å². The van der Waals surface area contributed by atoms with Gasteiger partial charge in [0.25, 0.3) is 0 Å². The second kappa shape index (κ2) is 4.01. The van der Waals surface area contributed by atoms with Crippen molar-refractivity contribution in [1.29, 1.82) is 0 Å². The third-order valence-corrected chi connectivity index (χ3v) is 1.74. The SMILES string of the molecule is Cn1ccnc1CCC(O)C=O. The van der Waals surface area contributed by atoms with E-state index in [-0.39, 0.29) is 0 Å². The number of rotatable bonds is 4. The molecule has 0 amide bonds. The summed E-state index contributed by atoms with van der Waals surface area (Å²) in [4.78, 5) is 14.1. The third kappa shape index (κ3) is 2.17. The van der Waals surface area contributed by atoms with Crippen molar-refractivity contribution in [2.75, 3.05) is 0 Å². The molecule has 0 saturated heterocycles. The Hall–Kier alpha value is -1.16. The van der Waals surface area contributed by atoms with E-state index in [1.165, 1.54) is 0 Å². The lowest BCUT2D eigenvalue weighted by atomic mass is 10.2.